The van der Waals surface area contributed by atoms with Crippen LogP contribution in [0.1, 0.15) is 169 Å². The lowest BCUT2D eigenvalue weighted by Gasteiger charge is -2.15. The summed E-state index contributed by atoms with van der Waals surface area (Å²) in [6.45, 7) is 8.47. The van der Waals surface area contributed by atoms with Gasteiger partial charge in [0.15, 0.2) is 0 Å². The number of aryl methyl sites for hydroxylation is 2. The molecule has 0 bridgehead atoms. The predicted molar refractivity (Wildman–Crippen MR) is 178 cm³/mol. The molecule has 2 rings (SSSR count). The minimum absolute atomic E-state index is 0.00420. The number of hydrogen-bond acceptors (Lipinski definition) is 4. The zero-order valence-electron chi connectivity index (χ0n) is 27.7. The van der Waals surface area contributed by atoms with Crippen LogP contribution >= 0.6 is 0 Å². The summed E-state index contributed by atoms with van der Waals surface area (Å²) in [6.07, 6.45) is 16.8. The van der Waals surface area contributed by atoms with Gasteiger partial charge in [-0.15, -0.1) is 0 Å². The molecule has 0 aliphatic carbocycles. The van der Waals surface area contributed by atoms with E-state index in [2.05, 4.69) is 13.8 Å². The van der Waals surface area contributed by atoms with Crippen LogP contribution in [0.5, 0.6) is 0 Å². The Kier molecular flexibility index (Phi) is 19.2. The highest BCUT2D eigenvalue weighted by Crippen LogP contribution is 2.25. The summed E-state index contributed by atoms with van der Waals surface area (Å²) in [5, 5.41) is 37.2. The molecule has 250 valence electrons. The van der Waals surface area contributed by atoms with Crippen LogP contribution in [0, 0.1) is 5.92 Å². The van der Waals surface area contributed by atoms with Gasteiger partial charge in [0.1, 0.15) is 0 Å². The number of hydrogen-bond donors (Lipinski definition) is 4. The van der Waals surface area contributed by atoms with Gasteiger partial charge in [0.25, 0.3) is 0 Å². The molecule has 0 radical (unpaired) electrons. The van der Waals surface area contributed by atoms with Crippen LogP contribution in [0.4, 0.5) is 0 Å². The fourth-order valence-electron chi connectivity index (χ4n) is 5.49. The maximum Gasteiger partial charge on any atom is 0.336 e. The lowest BCUT2D eigenvalue weighted by Crippen LogP contribution is -2.14. The van der Waals surface area contributed by atoms with Gasteiger partial charge in [-0.05, 0) is 73.3 Å². The second kappa shape index (κ2) is 21.9. The molecule has 2 aromatic carbocycles. The second-order valence-corrected chi connectivity index (χ2v) is 12.2. The Morgan fingerprint density at radius 2 is 1.02 bits per heavy atom. The van der Waals surface area contributed by atoms with Gasteiger partial charge in [-0.25, -0.2) is 19.2 Å². The lowest BCUT2D eigenvalue weighted by molar-refractivity contribution is 0.0650. The predicted octanol–water partition coefficient (Wildman–Crippen LogP) is 9.56. The summed E-state index contributed by atoms with van der Waals surface area (Å²) >= 11 is 0. The van der Waals surface area contributed by atoms with Crippen molar-refractivity contribution < 1.29 is 39.6 Å². The van der Waals surface area contributed by atoms with E-state index in [9.17, 15) is 29.4 Å². The number of carboxylic acid groups (broad SMARTS) is 4. The molecule has 0 unspecified atom stereocenters. The molecule has 0 saturated heterocycles. The van der Waals surface area contributed by atoms with Crippen molar-refractivity contribution in [2.75, 3.05) is 0 Å². The first-order chi connectivity index (χ1) is 21.5. The van der Waals surface area contributed by atoms with E-state index < -0.39 is 23.9 Å². The van der Waals surface area contributed by atoms with Crippen LogP contribution in [0.15, 0.2) is 30.3 Å². The van der Waals surface area contributed by atoms with Crippen LogP contribution in [-0.4, -0.2) is 44.3 Å². The van der Waals surface area contributed by atoms with Crippen LogP contribution in [0.2, 0.25) is 0 Å². The molecule has 0 aromatic heterocycles. The van der Waals surface area contributed by atoms with E-state index in [0.717, 1.165) is 56.1 Å². The first-order valence-electron chi connectivity index (χ1n) is 16.7. The van der Waals surface area contributed by atoms with Gasteiger partial charge in [-0.2, -0.15) is 0 Å². The Labute approximate surface area is 268 Å². The monoisotopic (exact) mass is 626 g/mol. The van der Waals surface area contributed by atoms with Crippen molar-refractivity contribution in [3.05, 3.63) is 69.3 Å². The number of unbranched alkanes of at least 4 members (excludes halogenated alkanes) is 10. The Morgan fingerprint density at radius 3 is 1.51 bits per heavy atom. The van der Waals surface area contributed by atoms with Gasteiger partial charge >= 0.3 is 23.9 Å². The van der Waals surface area contributed by atoms with Crippen LogP contribution in [0.25, 0.3) is 0 Å². The number of benzene rings is 2. The Bertz CT molecular complexity index is 1230. The van der Waals surface area contributed by atoms with Gasteiger partial charge in [0.2, 0.25) is 0 Å². The van der Waals surface area contributed by atoms with Crippen molar-refractivity contribution in [2.24, 2.45) is 5.92 Å². The van der Waals surface area contributed by atoms with Crippen molar-refractivity contribution in [2.45, 2.75) is 130 Å². The number of carboxylic acids is 4. The molecular formula is C37H54O8. The molecule has 0 aliphatic heterocycles. The fraction of sp³-hybridized carbons (Fsp3) is 0.568. The highest BCUT2D eigenvalue weighted by Gasteiger charge is 2.23. The van der Waals surface area contributed by atoms with Crippen LogP contribution in [0.3, 0.4) is 0 Å². The molecule has 0 spiro atoms. The molecule has 4 N–H and O–H groups in total. The summed E-state index contributed by atoms with van der Waals surface area (Å²) in [4.78, 5) is 45.5. The number of carbonyl (C=O) groups is 4. The molecule has 2 aromatic rings. The molecule has 0 atom stereocenters. The van der Waals surface area contributed by atoms with Gasteiger partial charge in [0.05, 0.1) is 22.3 Å². The van der Waals surface area contributed by atoms with Gasteiger partial charge in [-0.3, -0.25) is 0 Å². The van der Waals surface area contributed by atoms with Crippen LogP contribution in [-0.2, 0) is 19.3 Å². The third kappa shape index (κ3) is 14.3. The van der Waals surface area contributed by atoms with E-state index in [4.69, 9.17) is 10.2 Å². The van der Waals surface area contributed by atoms with Crippen molar-refractivity contribution in [3.63, 3.8) is 0 Å². The van der Waals surface area contributed by atoms with Gasteiger partial charge in [0, 0.05) is 0 Å². The maximum atomic E-state index is 11.9. The summed E-state index contributed by atoms with van der Waals surface area (Å²) in [5.41, 5.74) is 2.05. The third-order valence-electron chi connectivity index (χ3n) is 8.02. The summed E-state index contributed by atoms with van der Waals surface area (Å²) in [5.74, 6) is -4.21. The first kappa shape index (κ1) is 39.3. The highest BCUT2D eigenvalue weighted by atomic mass is 16.4. The van der Waals surface area contributed by atoms with E-state index in [1.54, 1.807) is 12.1 Å². The fourth-order valence-corrected chi connectivity index (χ4v) is 5.49. The van der Waals surface area contributed by atoms with E-state index in [1.165, 1.54) is 57.1 Å². The first-order valence-corrected chi connectivity index (χ1v) is 16.7. The third-order valence-corrected chi connectivity index (χ3v) is 8.02. The van der Waals surface area contributed by atoms with Crippen molar-refractivity contribution >= 4 is 23.9 Å². The molecule has 45 heavy (non-hydrogen) atoms. The normalized spacial score (nSPS) is 10.8. The molecule has 0 saturated carbocycles. The average molecular weight is 627 g/mol. The molecule has 0 fully saturated rings. The van der Waals surface area contributed by atoms with E-state index >= 15 is 0 Å². The van der Waals surface area contributed by atoms with E-state index in [1.807, 2.05) is 19.9 Å². The van der Waals surface area contributed by atoms with Crippen molar-refractivity contribution in [3.8, 4) is 0 Å². The molecule has 0 aliphatic rings. The summed E-state index contributed by atoms with van der Waals surface area (Å²) in [7, 11) is 0. The lowest BCUT2D eigenvalue weighted by atomic mass is 9.89. The SMILES string of the molecule is CC(C)CCc1cccc(C(=O)O)c1C(=O)O.CCCCCCCCc1ccc(C(=O)O)c(C(=O)O)c1CCCCCCCC. The Morgan fingerprint density at radius 1 is 0.533 bits per heavy atom. The van der Waals surface area contributed by atoms with Gasteiger partial charge < -0.3 is 20.4 Å². The minimum atomic E-state index is -1.20. The quantitative estimate of drug-likeness (QED) is 0.100. The van der Waals surface area contributed by atoms with Crippen LogP contribution < -0.4 is 0 Å². The molecule has 0 heterocycles. The molecule has 8 nitrogen and oxygen atoms in total. The van der Waals surface area contributed by atoms with Crippen molar-refractivity contribution in [1.29, 1.82) is 0 Å². The molecule has 8 heteroatoms. The Hall–Kier alpha value is -3.68. The number of aromatic carboxylic acids is 4. The minimum Gasteiger partial charge on any atom is -0.478 e. The number of rotatable bonds is 21. The van der Waals surface area contributed by atoms with E-state index in [0.29, 0.717) is 24.3 Å². The van der Waals surface area contributed by atoms with E-state index in [-0.39, 0.29) is 22.3 Å². The zero-order valence-corrected chi connectivity index (χ0v) is 27.7. The largest absolute Gasteiger partial charge is 0.478 e. The molecule has 0 amide bonds. The standard InChI is InChI=1S/C24H38O4.C13H16O4/c1-3-5-7-9-11-13-15-19-17-18-21(23(25)26)22(24(27)28)20(19)16-14-12-10-8-6-4-2;1-8(2)6-7-9-4-3-5-10(12(14)15)11(9)13(16)17/h17-18H,3-16H2,1-2H3,(H,25,26)(H,27,28);3-5,8H,6-7H2,1-2H3,(H,14,15)(H,16,17). The zero-order chi connectivity index (χ0) is 33.8. The second-order valence-electron chi connectivity index (χ2n) is 12.2. The smallest absolute Gasteiger partial charge is 0.336 e. The average Bonchev–Trinajstić information content (AvgIpc) is 2.99. The highest BCUT2D eigenvalue weighted by molar-refractivity contribution is 6.03. The van der Waals surface area contributed by atoms with Gasteiger partial charge in [-0.1, -0.05) is 110 Å². The summed E-state index contributed by atoms with van der Waals surface area (Å²) < 4.78 is 0. The Balaban J connectivity index is 0.000000507. The van der Waals surface area contributed by atoms with Crippen molar-refractivity contribution in [1.82, 2.24) is 0 Å². The summed E-state index contributed by atoms with van der Waals surface area (Å²) in [6, 6.07) is 7.91. The topological polar surface area (TPSA) is 149 Å². The molecular weight excluding hydrogens is 572 g/mol. The maximum absolute atomic E-state index is 11.9.